The number of hydrogen-bond acceptors (Lipinski definition) is 6. The van der Waals surface area contributed by atoms with Crippen LogP contribution >= 0.6 is 12.4 Å². The van der Waals surface area contributed by atoms with E-state index in [9.17, 15) is 4.39 Å². The summed E-state index contributed by atoms with van der Waals surface area (Å²) in [6.07, 6.45) is 4.53. The van der Waals surface area contributed by atoms with Crippen molar-refractivity contribution >= 4 is 18.1 Å². The molecule has 176 valence electrons. The van der Waals surface area contributed by atoms with Gasteiger partial charge in [-0.3, -0.25) is 4.90 Å². The predicted octanol–water partition coefficient (Wildman–Crippen LogP) is 4.27. The number of piperazine rings is 1. The van der Waals surface area contributed by atoms with Crippen LogP contribution in [0.5, 0.6) is 5.75 Å². The fourth-order valence-corrected chi connectivity index (χ4v) is 5.03. The third-order valence-electron chi connectivity index (χ3n) is 6.73. The van der Waals surface area contributed by atoms with E-state index in [1.807, 2.05) is 28.9 Å². The monoisotopic (exact) mass is 472 g/mol. The lowest BCUT2D eigenvalue weighted by atomic mass is 10.0. The first-order valence-electron chi connectivity index (χ1n) is 11.4. The van der Waals surface area contributed by atoms with Crippen molar-refractivity contribution in [1.82, 2.24) is 25.1 Å². The molecular formula is C24H30ClFN6O. The van der Waals surface area contributed by atoms with Gasteiger partial charge in [0.05, 0.1) is 13.2 Å². The molecule has 1 aromatic heterocycles. The number of ether oxygens (including phenoxy) is 1. The average Bonchev–Trinajstić information content (AvgIpc) is 3.53. The summed E-state index contributed by atoms with van der Waals surface area (Å²) in [5, 5.41) is 12.8. The highest BCUT2D eigenvalue weighted by molar-refractivity contribution is 5.85. The van der Waals surface area contributed by atoms with Crippen molar-refractivity contribution in [3.8, 4) is 5.75 Å². The molecule has 2 fully saturated rings. The van der Waals surface area contributed by atoms with E-state index in [1.54, 1.807) is 13.2 Å². The molecule has 0 radical (unpaired) electrons. The smallest absolute Gasteiger partial charge is 0.173 e. The Bertz CT molecular complexity index is 1050. The van der Waals surface area contributed by atoms with Gasteiger partial charge in [0.2, 0.25) is 0 Å². The lowest BCUT2D eigenvalue weighted by Gasteiger charge is -2.40. The van der Waals surface area contributed by atoms with Gasteiger partial charge in [0.15, 0.2) is 5.82 Å². The minimum absolute atomic E-state index is 0. The standard InChI is InChI=1S/C24H29FN6O.ClH/c1-32-20-10-6-9-19(17-20)29-13-15-30(16-14-29)23(21-11-4-5-12-22(21)25)24-26-27-28-31(24)18-7-2-3-8-18;/h4-6,9-12,17-18,23H,2-3,7-8,13-16H2,1H3;1H. The topological polar surface area (TPSA) is 59.3 Å². The number of benzene rings is 2. The van der Waals surface area contributed by atoms with Crippen LogP contribution in [-0.2, 0) is 0 Å². The van der Waals surface area contributed by atoms with Crippen LogP contribution in [0.3, 0.4) is 0 Å². The maximum Gasteiger partial charge on any atom is 0.173 e. The van der Waals surface area contributed by atoms with Crippen LogP contribution in [0, 0.1) is 5.82 Å². The maximum atomic E-state index is 15.0. The SMILES string of the molecule is COc1cccc(N2CCN(C(c3ccccc3F)c3nnnn3C3CCCC3)CC2)c1.Cl. The van der Waals surface area contributed by atoms with Crippen molar-refractivity contribution in [2.75, 3.05) is 38.2 Å². The van der Waals surface area contributed by atoms with Gasteiger partial charge < -0.3 is 9.64 Å². The van der Waals surface area contributed by atoms with E-state index < -0.39 is 0 Å². The summed E-state index contributed by atoms with van der Waals surface area (Å²) in [5.41, 5.74) is 1.78. The van der Waals surface area contributed by atoms with Gasteiger partial charge in [-0.1, -0.05) is 37.1 Å². The first kappa shape index (κ1) is 23.4. The summed E-state index contributed by atoms with van der Waals surface area (Å²) >= 11 is 0. The van der Waals surface area contributed by atoms with Gasteiger partial charge in [-0.2, -0.15) is 0 Å². The second-order valence-electron chi connectivity index (χ2n) is 8.57. The summed E-state index contributed by atoms with van der Waals surface area (Å²) < 4.78 is 22.3. The number of nitrogens with zero attached hydrogens (tertiary/aromatic N) is 6. The molecule has 7 nitrogen and oxygen atoms in total. The van der Waals surface area contributed by atoms with Crippen molar-refractivity contribution < 1.29 is 9.13 Å². The Labute approximate surface area is 199 Å². The summed E-state index contributed by atoms with van der Waals surface area (Å²) in [4.78, 5) is 4.66. The maximum absolute atomic E-state index is 15.0. The summed E-state index contributed by atoms with van der Waals surface area (Å²) in [6, 6.07) is 15.1. The van der Waals surface area contributed by atoms with Crippen LogP contribution in [-0.4, -0.2) is 58.4 Å². The van der Waals surface area contributed by atoms with E-state index in [0.29, 0.717) is 11.6 Å². The zero-order valence-corrected chi connectivity index (χ0v) is 19.6. The van der Waals surface area contributed by atoms with E-state index in [2.05, 4.69) is 37.5 Å². The largest absolute Gasteiger partial charge is 0.497 e. The van der Waals surface area contributed by atoms with Gasteiger partial charge in [-0.25, -0.2) is 9.07 Å². The van der Waals surface area contributed by atoms with E-state index in [4.69, 9.17) is 4.74 Å². The molecule has 3 aromatic rings. The molecule has 1 aliphatic carbocycles. The molecule has 2 aromatic carbocycles. The van der Waals surface area contributed by atoms with Gasteiger partial charge in [-0.05, 0) is 41.5 Å². The van der Waals surface area contributed by atoms with Crippen LogP contribution in [0.4, 0.5) is 10.1 Å². The molecule has 2 aliphatic rings. The normalized spacial score (nSPS) is 18.2. The number of anilines is 1. The Morgan fingerprint density at radius 1 is 1.00 bits per heavy atom. The highest BCUT2D eigenvalue weighted by atomic mass is 35.5. The molecule has 0 amide bonds. The van der Waals surface area contributed by atoms with Crippen molar-refractivity contribution in [3.63, 3.8) is 0 Å². The molecule has 5 rings (SSSR count). The molecule has 1 saturated heterocycles. The average molecular weight is 473 g/mol. The van der Waals surface area contributed by atoms with Crippen LogP contribution in [0.1, 0.15) is 49.2 Å². The van der Waals surface area contributed by atoms with E-state index in [1.165, 1.54) is 18.9 Å². The molecular weight excluding hydrogens is 443 g/mol. The number of rotatable bonds is 6. The Morgan fingerprint density at radius 3 is 2.48 bits per heavy atom. The quantitative estimate of drug-likeness (QED) is 0.534. The van der Waals surface area contributed by atoms with Crippen LogP contribution in [0.15, 0.2) is 48.5 Å². The second kappa shape index (κ2) is 10.5. The van der Waals surface area contributed by atoms with Gasteiger partial charge in [0.25, 0.3) is 0 Å². The highest BCUT2D eigenvalue weighted by Gasteiger charge is 2.34. The van der Waals surface area contributed by atoms with Gasteiger partial charge in [0, 0.05) is 43.5 Å². The summed E-state index contributed by atoms with van der Waals surface area (Å²) in [7, 11) is 1.69. The summed E-state index contributed by atoms with van der Waals surface area (Å²) in [6.45, 7) is 3.24. The fraction of sp³-hybridized carbons (Fsp3) is 0.458. The number of tetrazole rings is 1. The third-order valence-corrected chi connectivity index (χ3v) is 6.73. The molecule has 33 heavy (non-hydrogen) atoms. The minimum atomic E-state index is -0.306. The molecule has 9 heteroatoms. The molecule has 1 atom stereocenters. The lowest BCUT2D eigenvalue weighted by Crippen LogP contribution is -2.48. The highest BCUT2D eigenvalue weighted by Crippen LogP contribution is 2.35. The fourth-order valence-electron chi connectivity index (χ4n) is 5.03. The van der Waals surface area contributed by atoms with E-state index >= 15 is 0 Å². The molecule has 2 heterocycles. The Morgan fingerprint density at radius 2 is 1.76 bits per heavy atom. The van der Waals surface area contributed by atoms with E-state index in [-0.39, 0.29) is 24.3 Å². The van der Waals surface area contributed by atoms with Crippen LogP contribution in [0.2, 0.25) is 0 Å². The second-order valence-corrected chi connectivity index (χ2v) is 8.57. The first-order valence-corrected chi connectivity index (χ1v) is 11.4. The van der Waals surface area contributed by atoms with Crippen molar-refractivity contribution in [3.05, 3.63) is 65.7 Å². The summed E-state index contributed by atoms with van der Waals surface area (Å²) in [5.74, 6) is 1.38. The Kier molecular flexibility index (Phi) is 7.45. The Hall–Kier alpha value is -2.71. The third kappa shape index (κ3) is 4.82. The number of aromatic nitrogens is 4. The molecule has 0 spiro atoms. The minimum Gasteiger partial charge on any atom is -0.497 e. The van der Waals surface area contributed by atoms with Crippen molar-refractivity contribution in [2.45, 2.75) is 37.8 Å². The molecule has 0 bridgehead atoms. The zero-order valence-electron chi connectivity index (χ0n) is 18.8. The predicted molar refractivity (Wildman–Crippen MR) is 128 cm³/mol. The van der Waals surface area contributed by atoms with Gasteiger partial charge >= 0.3 is 0 Å². The molecule has 0 N–H and O–H groups in total. The van der Waals surface area contributed by atoms with E-state index in [0.717, 1.165) is 56.3 Å². The number of hydrogen-bond donors (Lipinski definition) is 0. The zero-order chi connectivity index (χ0) is 21.9. The van der Waals surface area contributed by atoms with Crippen LogP contribution < -0.4 is 9.64 Å². The van der Waals surface area contributed by atoms with Gasteiger partial charge in [-0.15, -0.1) is 17.5 Å². The van der Waals surface area contributed by atoms with Crippen LogP contribution in [0.25, 0.3) is 0 Å². The van der Waals surface area contributed by atoms with Crippen molar-refractivity contribution in [1.29, 1.82) is 0 Å². The number of halogens is 2. The lowest BCUT2D eigenvalue weighted by molar-refractivity contribution is 0.194. The first-order chi connectivity index (χ1) is 15.7. The molecule has 1 saturated carbocycles. The molecule has 1 aliphatic heterocycles. The van der Waals surface area contributed by atoms with Gasteiger partial charge in [0.1, 0.15) is 17.6 Å². The Balaban J connectivity index is 0.00000259. The molecule has 1 unspecified atom stereocenters. The van der Waals surface area contributed by atoms with Crippen molar-refractivity contribution in [2.24, 2.45) is 0 Å². The number of methoxy groups -OCH3 is 1.